The lowest BCUT2D eigenvalue weighted by molar-refractivity contribution is 0.159. The van der Waals surface area contributed by atoms with E-state index in [-0.39, 0.29) is 0 Å². The standard InChI is InChI=1S/C9H20N3OP.C4H8OS2.C2H6/c1-8(2)14(13-5)10-9-11(3)6-7-12(9)4;1-4(5)2-3-6-7-4;1-2/h8H,6-7H2,1-5H3;5H,2-3H2,1H3;1-2H3. The molecule has 0 radical (unpaired) electrons. The predicted octanol–water partition coefficient (Wildman–Crippen LogP) is 4.09. The first kappa shape index (κ1) is 23.3. The van der Waals surface area contributed by atoms with Crippen LogP contribution in [0.1, 0.15) is 41.0 Å². The summed E-state index contributed by atoms with van der Waals surface area (Å²) in [5.74, 6) is 2.16. The van der Waals surface area contributed by atoms with Gasteiger partial charge in [-0.1, -0.05) is 49.3 Å². The monoisotopic (exact) mass is 383 g/mol. The lowest BCUT2D eigenvalue weighted by atomic mass is 10.3. The van der Waals surface area contributed by atoms with Crippen LogP contribution in [0.5, 0.6) is 0 Å². The third-order valence-corrected chi connectivity index (χ3v) is 7.77. The molecule has 1 N–H and O–H groups in total. The van der Waals surface area contributed by atoms with Crippen molar-refractivity contribution in [1.29, 1.82) is 0 Å². The highest BCUT2D eigenvalue weighted by Gasteiger charge is 2.26. The Balaban J connectivity index is 0.000000449. The first-order valence-corrected chi connectivity index (χ1v) is 11.7. The zero-order valence-corrected chi connectivity index (χ0v) is 18.4. The van der Waals surface area contributed by atoms with Gasteiger partial charge in [0, 0.05) is 45.7 Å². The average molecular weight is 384 g/mol. The highest BCUT2D eigenvalue weighted by Crippen LogP contribution is 2.44. The van der Waals surface area contributed by atoms with Crippen molar-refractivity contribution < 1.29 is 9.63 Å². The molecule has 0 aliphatic carbocycles. The number of rotatable bonds is 3. The second-order valence-corrected chi connectivity index (χ2v) is 10.8. The van der Waals surface area contributed by atoms with Crippen LogP contribution in [-0.4, -0.2) is 71.5 Å². The molecule has 0 saturated carbocycles. The number of aliphatic hydroxyl groups is 1. The molecule has 0 bridgehead atoms. The van der Waals surface area contributed by atoms with Crippen LogP contribution >= 0.6 is 29.9 Å². The predicted molar refractivity (Wildman–Crippen MR) is 108 cm³/mol. The third kappa shape index (κ3) is 8.82. The van der Waals surface area contributed by atoms with Gasteiger partial charge in [-0.25, -0.2) is 0 Å². The SMILES string of the molecule is CC.CC1(O)CCSS1.COP(N=C1N(C)CCN1C)C(C)C. The molecule has 2 fully saturated rings. The summed E-state index contributed by atoms with van der Waals surface area (Å²) >= 11 is 0. The summed E-state index contributed by atoms with van der Waals surface area (Å²) in [6.07, 6.45) is 0.933. The van der Waals surface area contributed by atoms with E-state index in [2.05, 4.69) is 42.5 Å². The fourth-order valence-corrected chi connectivity index (χ4v) is 5.70. The summed E-state index contributed by atoms with van der Waals surface area (Å²) in [6, 6.07) is 0. The molecule has 2 atom stereocenters. The molecule has 2 saturated heterocycles. The van der Waals surface area contributed by atoms with Gasteiger partial charge in [0.15, 0.2) is 8.30 Å². The minimum Gasteiger partial charge on any atom is -0.379 e. The van der Waals surface area contributed by atoms with E-state index in [1.807, 2.05) is 20.8 Å². The van der Waals surface area contributed by atoms with Gasteiger partial charge >= 0.3 is 0 Å². The Hall–Kier alpha value is 0.320. The molecule has 0 spiro atoms. The minimum atomic E-state index is -0.677. The molecule has 23 heavy (non-hydrogen) atoms. The smallest absolute Gasteiger partial charge is 0.202 e. The lowest BCUT2D eigenvalue weighted by Gasteiger charge is -2.20. The largest absolute Gasteiger partial charge is 0.379 e. The van der Waals surface area contributed by atoms with Gasteiger partial charge in [-0.3, -0.25) is 0 Å². The Morgan fingerprint density at radius 2 is 1.78 bits per heavy atom. The van der Waals surface area contributed by atoms with Crippen LogP contribution in [0, 0.1) is 0 Å². The van der Waals surface area contributed by atoms with Gasteiger partial charge in [0.2, 0.25) is 5.96 Å². The first-order valence-electron chi connectivity index (χ1n) is 8.14. The Kier molecular flexibility index (Phi) is 12.0. The molecule has 2 heterocycles. The number of hydrogen-bond acceptors (Lipinski definition) is 5. The van der Waals surface area contributed by atoms with Crippen LogP contribution < -0.4 is 0 Å². The number of guanidine groups is 1. The van der Waals surface area contributed by atoms with Crippen LogP contribution in [-0.2, 0) is 4.52 Å². The van der Waals surface area contributed by atoms with E-state index in [4.69, 9.17) is 9.63 Å². The van der Waals surface area contributed by atoms with E-state index in [0.717, 1.165) is 31.2 Å². The molecule has 0 aromatic heterocycles. The molecule has 0 aromatic carbocycles. The fourth-order valence-electron chi connectivity index (χ4n) is 1.84. The van der Waals surface area contributed by atoms with Crippen molar-refractivity contribution in [1.82, 2.24) is 9.80 Å². The summed E-state index contributed by atoms with van der Waals surface area (Å²) < 4.78 is 10.1. The Morgan fingerprint density at radius 3 is 2.04 bits per heavy atom. The van der Waals surface area contributed by atoms with E-state index >= 15 is 0 Å². The maximum absolute atomic E-state index is 9.14. The lowest BCUT2D eigenvalue weighted by Crippen LogP contribution is -2.28. The Bertz CT molecular complexity index is 338. The van der Waals surface area contributed by atoms with Crippen LogP contribution in [0.2, 0.25) is 0 Å². The highest BCUT2D eigenvalue weighted by atomic mass is 33.1. The third-order valence-electron chi connectivity index (χ3n) is 3.16. The highest BCUT2D eigenvalue weighted by molar-refractivity contribution is 8.77. The first-order chi connectivity index (χ1) is 10.8. The van der Waals surface area contributed by atoms with Crippen molar-refractivity contribution in [2.24, 2.45) is 4.76 Å². The normalized spacial score (nSPS) is 24.9. The van der Waals surface area contributed by atoms with Crippen LogP contribution in [0.15, 0.2) is 4.76 Å². The molecule has 2 rings (SSSR count). The van der Waals surface area contributed by atoms with E-state index in [0.29, 0.717) is 5.66 Å². The molecule has 5 nitrogen and oxygen atoms in total. The van der Waals surface area contributed by atoms with Gasteiger partial charge in [0.1, 0.15) is 4.93 Å². The van der Waals surface area contributed by atoms with Gasteiger partial charge in [-0.05, 0) is 13.3 Å². The van der Waals surface area contributed by atoms with Crippen molar-refractivity contribution in [3.8, 4) is 0 Å². The maximum atomic E-state index is 9.14. The summed E-state index contributed by atoms with van der Waals surface area (Å²) in [4.78, 5) is 3.93. The van der Waals surface area contributed by atoms with Crippen molar-refractivity contribution in [3.05, 3.63) is 0 Å². The van der Waals surface area contributed by atoms with Crippen LogP contribution in [0.25, 0.3) is 0 Å². The Labute approximate surface area is 151 Å². The average Bonchev–Trinajstić information content (AvgIpc) is 3.05. The van der Waals surface area contributed by atoms with Crippen LogP contribution in [0.4, 0.5) is 0 Å². The summed E-state index contributed by atoms with van der Waals surface area (Å²) in [6.45, 7) is 12.3. The van der Waals surface area contributed by atoms with Crippen molar-refractivity contribution >= 4 is 35.8 Å². The molecular formula is C15H34N3O2PS2. The van der Waals surface area contributed by atoms with Gasteiger partial charge in [0.05, 0.1) is 0 Å². The summed E-state index contributed by atoms with van der Waals surface area (Å²) in [7, 11) is 8.53. The molecule has 0 amide bonds. The zero-order chi connectivity index (χ0) is 18.0. The molecular weight excluding hydrogens is 349 g/mol. The number of hydrogen-bond donors (Lipinski definition) is 1. The fraction of sp³-hybridized carbons (Fsp3) is 0.933. The van der Waals surface area contributed by atoms with E-state index in [9.17, 15) is 0 Å². The number of nitrogens with zero attached hydrogens (tertiary/aromatic N) is 3. The molecule has 2 aliphatic heterocycles. The molecule has 2 aliphatic rings. The second-order valence-electron chi connectivity index (χ2n) is 5.65. The molecule has 0 aromatic rings. The van der Waals surface area contributed by atoms with Crippen LogP contribution in [0.3, 0.4) is 0 Å². The summed E-state index contributed by atoms with van der Waals surface area (Å²) in [5, 5.41) is 9.14. The van der Waals surface area contributed by atoms with Crippen molar-refractivity contribution in [2.75, 3.05) is 40.0 Å². The van der Waals surface area contributed by atoms with E-state index in [1.54, 1.807) is 28.7 Å². The zero-order valence-electron chi connectivity index (χ0n) is 15.9. The van der Waals surface area contributed by atoms with E-state index < -0.39 is 13.2 Å². The maximum Gasteiger partial charge on any atom is 0.202 e. The minimum absolute atomic E-state index is 0.426. The van der Waals surface area contributed by atoms with Gasteiger partial charge in [-0.2, -0.15) is 4.76 Å². The topological polar surface area (TPSA) is 48.3 Å². The Morgan fingerprint density at radius 1 is 1.26 bits per heavy atom. The van der Waals surface area contributed by atoms with E-state index in [1.165, 1.54) is 0 Å². The number of likely N-dealkylation sites (N-methyl/N-ethyl adjacent to an activating group) is 2. The molecule has 8 heteroatoms. The van der Waals surface area contributed by atoms with Gasteiger partial charge < -0.3 is 19.4 Å². The quantitative estimate of drug-likeness (QED) is 0.585. The van der Waals surface area contributed by atoms with Gasteiger partial charge in [0.25, 0.3) is 0 Å². The van der Waals surface area contributed by atoms with Crippen molar-refractivity contribution in [3.63, 3.8) is 0 Å². The second kappa shape index (κ2) is 11.8. The van der Waals surface area contributed by atoms with Crippen molar-refractivity contribution in [2.45, 2.75) is 51.6 Å². The summed E-state index contributed by atoms with van der Waals surface area (Å²) in [5.41, 5.74) is 0.477. The molecule has 2 unspecified atom stereocenters. The molecule has 138 valence electrons. The van der Waals surface area contributed by atoms with Gasteiger partial charge in [-0.15, -0.1) is 0 Å².